The van der Waals surface area contributed by atoms with Crippen molar-refractivity contribution in [3.63, 3.8) is 0 Å². The lowest BCUT2D eigenvalue weighted by Gasteiger charge is -2.40. The number of urea groups is 1. The average molecular weight is 678 g/mol. The molecule has 1 atom stereocenters. The third-order valence-electron chi connectivity index (χ3n) is 8.07. The van der Waals surface area contributed by atoms with E-state index in [1.165, 1.54) is 35.0 Å². The first-order chi connectivity index (χ1) is 21.3. The third-order valence-corrected chi connectivity index (χ3v) is 9.82. The van der Waals surface area contributed by atoms with Crippen molar-refractivity contribution < 1.29 is 27.5 Å². The molecule has 2 N–H and O–H groups in total. The van der Waals surface area contributed by atoms with Crippen molar-refractivity contribution in [1.82, 2.24) is 19.8 Å². The van der Waals surface area contributed by atoms with Crippen LogP contribution in [0.4, 0.5) is 16.3 Å². The van der Waals surface area contributed by atoms with E-state index < -0.39 is 45.1 Å². The second-order valence-corrected chi connectivity index (χ2v) is 13.6. The fraction of sp³-hybridized carbons (Fsp3) is 0.345. The Hall–Kier alpha value is -4.14. The second kappa shape index (κ2) is 12.7. The summed E-state index contributed by atoms with van der Waals surface area (Å²) >= 11 is 12.2. The minimum absolute atomic E-state index is 0.0220. The largest absolute Gasteiger partial charge is 0.467 e. The molecule has 0 unspecified atom stereocenters. The summed E-state index contributed by atoms with van der Waals surface area (Å²) in [7, 11) is -2.32. The number of likely N-dealkylation sites (tertiary alicyclic amines) is 1. The molecule has 5 rings (SSSR count). The molecule has 2 aliphatic heterocycles. The number of sulfonamides is 1. The van der Waals surface area contributed by atoms with Gasteiger partial charge in [0.1, 0.15) is 11.9 Å². The quantitative estimate of drug-likeness (QED) is 0.361. The highest BCUT2D eigenvalue weighted by Gasteiger charge is 2.47. The Morgan fingerprint density at radius 1 is 1.04 bits per heavy atom. The lowest BCUT2D eigenvalue weighted by atomic mass is 9.74. The van der Waals surface area contributed by atoms with Gasteiger partial charge in [0.25, 0.3) is 5.91 Å². The number of rotatable bonds is 7. The van der Waals surface area contributed by atoms with Crippen LogP contribution in [-0.4, -0.2) is 79.8 Å². The second-order valence-electron chi connectivity index (χ2n) is 10.9. The summed E-state index contributed by atoms with van der Waals surface area (Å²) in [5, 5.41) is 5.36. The van der Waals surface area contributed by atoms with Gasteiger partial charge in [-0.05, 0) is 42.7 Å². The summed E-state index contributed by atoms with van der Waals surface area (Å²) in [6, 6.07) is 11.6. The Morgan fingerprint density at radius 2 is 1.71 bits per heavy atom. The number of amides is 3. The number of carbonyl (C=O) groups excluding carboxylic acids is 3. The zero-order valence-corrected chi connectivity index (χ0v) is 26.7. The molecule has 0 radical (unpaired) electrons. The van der Waals surface area contributed by atoms with Gasteiger partial charge in [0, 0.05) is 31.2 Å². The minimum atomic E-state index is -3.48. The number of nitrogens with one attached hydrogen (secondary N) is 2. The lowest BCUT2D eigenvalue weighted by Crippen LogP contribution is -2.54. The summed E-state index contributed by atoms with van der Waals surface area (Å²) in [4.78, 5) is 56.7. The number of benzene rings is 2. The van der Waals surface area contributed by atoms with Crippen LogP contribution in [0.5, 0.6) is 0 Å². The number of hydrogen-bond acceptors (Lipinski definition) is 8. The summed E-state index contributed by atoms with van der Waals surface area (Å²) in [6.45, 7) is 0.639. The molecular formula is C29H30Cl2N6O7S. The lowest BCUT2D eigenvalue weighted by molar-refractivity contribution is -0.143. The van der Waals surface area contributed by atoms with E-state index in [4.69, 9.17) is 27.9 Å². The van der Waals surface area contributed by atoms with E-state index in [-0.39, 0.29) is 28.0 Å². The van der Waals surface area contributed by atoms with Gasteiger partial charge in [-0.15, -0.1) is 0 Å². The maximum Gasteiger partial charge on any atom is 0.349 e. The maximum absolute atomic E-state index is 13.3. The average Bonchev–Trinajstić information content (AvgIpc) is 3.32. The van der Waals surface area contributed by atoms with Gasteiger partial charge in [-0.1, -0.05) is 47.5 Å². The topological polar surface area (TPSA) is 160 Å². The van der Waals surface area contributed by atoms with Crippen molar-refractivity contribution in [3.8, 4) is 0 Å². The van der Waals surface area contributed by atoms with Crippen LogP contribution in [0, 0.1) is 0 Å². The van der Waals surface area contributed by atoms with Crippen LogP contribution >= 0.6 is 23.2 Å². The zero-order chi connectivity index (χ0) is 32.5. The molecule has 3 amide bonds. The molecule has 3 aromatic rings. The van der Waals surface area contributed by atoms with Crippen LogP contribution < -0.4 is 20.6 Å². The van der Waals surface area contributed by atoms with Gasteiger partial charge in [0.15, 0.2) is 0 Å². The normalized spacial score (nSPS) is 16.2. The molecule has 0 bridgehead atoms. The van der Waals surface area contributed by atoms with Gasteiger partial charge in [0.2, 0.25) is 10.0 Å². The number of hydrogen-bond donors (Lipinski definition) is 2. The first kappa shape index (κ1) is 32.3. The van der Waals surface area contributed by atoms with Gasteiger partial charge in [-0.25, -0.2) is 22.8 Å². The van der Waals surface area contributed by atoms with Gasteiger partial charge in [-0.3, -0.25) is 13.7 Å². The number of esters is 1. The summed E-state index contributed by atoms with van der Waals surface area (Å²) in [6.07, 6.45) is 3.53. The highest BCUT2D eigenvalue weighted by atomic mass is 35.5. The monoisotopic (exact) mass is 676 g/mol. The Morgan fingerprint density at radius 3 is 2.33 bits per heavy atom. The SMILES string of the molecule is COC(=O)[C@H](Cn1ccc(NC(=O)c2c(Cl)cccc2Cl)nc1=O)NC(=O)N1CCC2(CC1)CN(S(C)(=O)=O)c1ccccc12. The number of para-hydroxylation sites is 1. The van der Waals surface area contributed by atoms with E-state index in [1.54, 1.807) is 23.1 Å². The molecule has 1 saturated heterocycles. The highest BCUT2D eigenvalue weighted by molar-refractivity contribution is 7.92. The van der Waals surface area contributed by atoms with Crippen molar-refractivity contribution in [2.45, 2.75) is 30.8 Å². The number of nitrogens with zero attached hydrogens (tertiary/aromatic N) is 4. The summed E-state index contributed by atoms with van der Waals surface area (Å²) < 4.78 is 32.3. The molecule has 2 aromatic carbocycles. The summed E-state index contributed by atoms with van der Waals surface area (Å²) in [5.41, 5.74) is 0.376. The predicted molar refractivity (Wildman–Crippen MR) is 168 cm³/mol. The first-order valence-electron chi connectivity index (χ1n) is 13.9. The first-order valence-corrected chi connectivity index (χ1v) is 16.5. The van der Waals surface area contributed by atoms with Crippen LogP contribution in [0.3, 0.4) is 0 Å². The number of halogens is 2. The number of piperidine rings is 1. The molecule has 13 nitrogen and oxygen atoms in total. The molecule has 0 saturated carbocycles. The third kappa shape index (κ3) is 6.63. The van der Waals surface area contributed by atoms with E-state index in [2.05, 4.69) is 15.6 Å². The standard InChI is InChI=1S/C29H30Cl2N6O7S/c1-44-26(39)21(16-36-13-10-23(34-28(36)41)33-25(38)24-19(30)7-5-8-20(24)31)32-27(40)35-14-11-29(12-15-35)17-37(45(2,42)43)22-9-4-3-6-18(22)29/h3-10,13,21H,11-12,14-17H2,1-2H3,(H,32,40)(H,33,34,38,41)/t21-/m0/s1. The van der Waals surface area contributed by atoms with Gasteiger partial charge in [-0.2, -0.15) is 4.98 Å². The fourth-order valence-electron chi connectivity index (χ4n) is 5.74. The van der Waals surface area contributed by atoms with E-state index in [9.17, 15) is 27.6 Å². The molecule has 2 aliphatic rings. The van der Waals surface area contributed by atoms with Gasteiger partial charge < -0.3 is 20.3 Å². The van der Waals surface area contributed by atoms with Crippen LogP contribution in [0.15, 0.2) is 59.5 Å². The number of carbonyl (C=O) groups is 3. The van der Waals surface area contributed by atoms with Crippen molar-refractivity contribution in [3.05, 3.63) is 86.4 Å². The van der Waals surface area contributed by atoms with Crippen LogP contribution in [0.2, 0.25) is 10.0 Å². The molecule has 1 spiro atoms. The Balaban J connectivity index is 1.25. The number of fused-ring (bicyclic) bond motifs is 2. The number of methoxy groups -OCH3 is 1. The Kier molecular flexibility index (Phi) is 9.10. The van der Waals surface area contributed by atoms with Crippen LogP contribution in [0.1, 0.15) is 28.8 Å². The van der Waals surface area contributed by atoms with E-state index in [1.807, 2.05) is 12.1 Å². The number of anilines is 2. The van der Waals surface area contributed by atoms with Crippen molar-refractivity contribution in [1.29, 1.82) is 0 Å². The molecule has 238 valence electrons. The number of ether oxygens (including phenoxy) is 1. The van der Waals surface area contributed by atoms with Crippen molar-refractivity contribution in [2.75, 3.05) is 42.6 Å². The summed E-state index contributed by atoms with van der Waals surface area (Å²) in [5.74, 6) is -1.51. The molecule has 16 heteroatoms. The molecule has 0 aliphatic carbocycles. The molecule has 3 heterocycles. The number of aromatic nitrogens is 2. The predicted octanol–water partition coefficient (Wildman–Crippen LogP) is 2.87. The highest BCUT2D eigenvalue weighted by Crippen LogP contribution is 2.47. The smallest absolute Gasteiger partial charge is 0.349 e. The van der Waals surface area contributed by atoms with Gasteiger partial charge >= 0.3 is 17.7 Å². The zero-order valence-electron chi connectivity index (χ0n) is 24.3. The minimum Gasteiger partial charge on any atom is -0.467 e. The fourth-order valence-corrected chi connectivity index (χ4v) is 7.30. The molecular weight excluding hydrogens is 647 g/mol. The Labute approximate surface area is 269 Å². The van der Waals surface area contributed by atoms with Gasteiger partial charge in [0.05, 0.1) is 41.2 Å². The van der Waals surface area contributed by atoms with E-state index in [0.717, 1.165) is 17.2 Å². The van der Waals surface area contributed by atoms with E-state index in [0.29, 0.717) is 38.2 Å². The van der Waals surface area contributed by atoms with E-state index >= 15 is 0 Å². The van der Waals surface area contributed by atoms with Crippen LogP contribution in [0.25, 0.3) is 0 Å². The molecule has 45 heavy (non-hydrogen) atoms. The molecule has 1 aromatic heterocycles. The Bertz CT molecular complexity index is 1810. The van der Waals surface area contributed by atoms with Crippen molar-refractivity contribution in [2.24, 2.45) is 0 Å². The maximum atomic E-state index is 13.3. The van der Waals surface area contributed by atoms with Crippen LogP contribution in [-0.2, 0) is 31.5 Å². The van der Waals surface area contributed by atoms with Crippen molar-refractivity contribution >= 4 is 62.6 Å². The molecule has 1 fully saturated rings.